The molecule has 0 aliphatic carbocycles. The van der Waals surface area contributed by atoms with Gasteiger partial charge >= 0.3 is 0 Å². The predicted octanol–water partition coefficient (Wildman–Crippen LogP) is 3.66. The molecule has 0 aromatic carbocycles. The number of nitrogens with one attached hydrogen (secondary N) is 1. The van der Waals surface area contributed by atoms with Gasteiger partial charge in [-0.2, -0.15) is 0 Å². The normalized spacial score (nSPS) is 10.3. The van der Waals surface area contributed by atoms with Crippen LogP contribution >= 0.6 is 11.3 Å². The minimum absolute atomic E-state index is 0.0448. The van der Waals surface area contributed by atoms with Crippen LogP contribution in [0.2, 0.25) is 0 Å². The minimum atomic E-state index is -0.0448. The average molecular weight is 260 g/mol. The Hall–Kier alpha value is -1.68. The van der Waals surface area contributed by atoms with Crippen molar-refractivity contribution < 1.29 is 4.79 Å². The van der Waals surface area contributed by atoms with Crippen molar-refractivity contribution in [1.29, 1.82) is 0 Å². The quantitative estimate of drug-likeness (QED) is 0.911. The number of hydrogen-bond donors (Lipinski definition) is 1. The summed E-state index contributed by atoms with van der Waals surface area (Å²) in [6, 6.07) is 5.57. The maximum absolute atomic E-state index is 12.1. The second kappa shape index (κ2) is 5.78. The van der Waals surface area contributed by atoms with Gasteiger partial charge in [0.2, 0.25) is 0 Å². The lowest BCUT2D eigenvalue weighted by molar-refractivity contribution is 0.103. The van der Waals surface area contributed by atoms with Crippen molar-refractivity contribution in [1.82, 2.24) is 4.98 Å². The van der Waals surface area contributed by atoms with Gasteiger partial charge in [0.1, 0.15) is 0 Å². The summed E-state index contributed by atoms with van der Waals surface area (Å²) in [7, 11) is 0. The van der Waals surface area contributed by atoms with E-state index in [9.17, 15) is 4.79 Å². The van der Waals surface area contributed by atoms with E-state index in [0.29, 0.717) is 0 Å². The van der Waals surface area contributed by atoms with Crippen LogP contribution in [-0.2, 0) is 6.42 Å². The Labute approximate surface area is 111 Å². The Bertz CT molecular complexity index is 534. The van der Waals surface area contributed by atoms with Gasteiger partial charge in [-0.15, -0.1) is 11.3 Å². The minimum Gasteiger partial charge on any atom is -0.321 e. The molecule has 0 saturated carbocycles. The van der Waals surface area contributed by atoms with Gasteiger partial charge in [0.05, 0.1) is 4.88 Å². The van der Waals surface area contributed by atoms with Gasteiger partial charge in [-0.1, -0.05) is 13.3 Å². The van der Waals surface area contributed by atoms with E-state index in [0.717, 1.165) is 23.4 Å². The van der Waals surface area contributed by atoms with Crippen LogP contribution in [0.4, 0.5) is 5.69 Å². The van der Waals surface area contributed by atoms with E-state index in [1.54, 1.807) is 35.9 Å². The maximum Gasteiger partial charge on any atom is 0.265 e. The number of carbonyl (C=O) groups excluding carboxylic acids is 1. The lowest BCUT2D eigenvalue weighted by Gasteiger charge is -2.01. The Morgan fingerprint density at radius 3 is 2.78 bits per heavy atom. The number of aromatic nitrogens is 1. The van der Waals surface area contributed by atoms with Gasteiger partial charge in [-0.25, -0.2) is 0 Å². The van der Waals surface area contributed by atoms with E-state index in [2.05, 4.69) is 24.1 Å². The number of rotatable bonds is 4. The second-order valence-corrected chi connectivity index (χ2v) is 5.39. The molecule has 0 radical (unpaired) electrons. The highest BCUT2D eigenvalue weighted by atomic mass is 32.1. The number of amides is 1. The summed E-state index contributed by atoms with van der Waals surface area (Å²) >= 11 is 1.55. The van der Waals surface area contributed by atoms with Crippen LogP contribution in [0.25, 0.3) is 0 Å². The van der Waals surface area contributed by atoms with Crippen LogP contribution in [-0.4, -0.2) is 10.9 Å². The molecule has 3 nitrogen and oxygen atoms in total. The summed E-state index contributed by atoms with van der Waals surface area (Å²) in [6.45, 7) is 4.21. The zero-order valence-electron chi connectivity index (χ0n) is 10.6. The molecule has 1 N–H and O–H groups in total. The summed E-state index contributed by atoms with van der Waals surface area (Å²) in [5.41, 5.74) is 2.06. The molecule has 94 valence electrons. The number of thiophene rings is 1. The zero-order chi connectivity index (χ0) is 13.0. The van der Waals surface area contributed by atoms with Crippen LogP contribution in [0.15, 0.2) is 30.6 Å². The molecule has 0 saturated heterocycles. The maximum atomic E-state index is 12.1. The molecule has 2 heterocycles. The third-order valence-electron chi connectivity index (χ3n) is 2.70. The van der Waals surface area contributed by atoms with E-state index >= 15 is 0 Å². The number of nitrogens with zero attached hydrogens (tertiary/aromatic N) is 1. The standard InChI is InChI=1S/C14H16N2OS/c1-3-4-11-9-13(18-10(11)2)14(17)16-12-5-7-15-8-6-12/h5-9H,3-4H2,1-2H3,(H,15,16,17). The molecule has 0 fully saturated rings. The van der Waals surface area contributed by atoms with E-state index in [-0.39, 0.29) is 5.91 Å². The SMILES string of the molecule is CCCc1cc(C(=O)Nc2ccncc2)sc1C. The Kier molecular flexibility index (Phi) is 4.10. The molecule has 0 spiro atoms. The lowest BCUT2D eigenvalue weighted by Crippen LogP contribution is -2.09. The molecule has 0 aliphatic heterocycles. The summed E-state index contributed by atoms with van der Waals surface area (Å²) in [5.74, 6) is -0.0448. The molecule has 18 heavy (non-hydrogen) atoms. The van der Waals surface area contributed by atoms with Crippen LogP contribution in [0.3, 0.4) is 0 Å². The number of aryl methyl sites for hydroxylation is 2. The summed E-state index contributed by atoms with van der Waals surface area (Å²) in [5, 5.41) is 2.87. The fraction of sp³-hybridized carbons (Fsp3) is 0.286. The third kappa shape index (κ3) is 2.96. The zero-order valence-corrected chi connectivity index (χ0v) is 11.4. The van der Waals surface area contributed by atoms with Crippen LogP contribution in [0.1, 0.15) is 33.5 Å². The first-order chi connectivity index (χ1) is 8.70. The summed E-state index contributed by atoms with van der Waals surface area (Å²) < 4.78 is 0. The van der Waals surface area contributed by atoms with E-state index in [1.165, 1.54) is 10.4 Å². The van der Waals surface area contributed by atoms with Crippen molar-refractivity contribution in [3.05, 3.63) is 45.9 Å². The summed E-state index contributed by atoms with van der Waals surface area (Å²) in [4.78, 5) is 18.0. The number of pyridine rings is 1. The highest BCUT2D eigenvalue weighted by Gasteiger charge is 2.12. The number of anilines is 1. The monoisotopic (exact) mass is 260 g/mol. The van der Waals surface area contributed by atoms with Gasteiger partial charge < -0.3 is 5.32 Å². The molecule has 1 amide bonds. The number of carbonyl (C=O) groups is 1. The van der Waals surface area contributed by atoms with Crippen molar-refractivity contribution >= 4 is 22.9 Å². The van der Waals surface area contributed by atoms with Crippen molar-refractivity contribution in [2.45, 2.75) is 26.7 Å². The molecule has 0 bridgehead atoms. The molecule has 2 rings (SSSR count). The van der Waals surface area contributed by atoms with Gasteiger partial charge in [0, 0.05) is 23.0 Å². The highest BCUT2D eigenvalue weighted by molar-refractivity contribution is 7.14. The van der Waals surface area contributed by atoms with E-state index in [1.807, 2.05) is 6.07 Å². The van der Waals surface area contributed by atoms with Crippen molar-refractivity contribution in [3.63, 3.8) is 0 Å². The molecule has 2 aromatic heterocycles. The molecule has 4 heteroatoms. The first kappa shape index (κ1) is 12.8. The topological polar surface area (TPSA) is 42.0 Å². The Balaban J connectivity index is 2.12. The Morgan fingerprint density at radius 1 is 1.39 bits per heavy atom. The van der Waals surface area contributed by atoms with E-state index in [4.69, 9.17) is 0 Å². The van der Waals surface area contributed by atoms with Crippen molar-refractivity contribution in [2.75, 3.05) is 5.32 Å². The first-order valence-electron chi connectivity index (χ1n) is 6.01. The summed E-state index contributed by atoms with van der Waals surface area (Å²) in [6.07, 6.45) is 5.46. The van der Waals surface area contributed by atoms with Crippen LogP contribution in [0, 0.1) is 6.92 Å². The number of hydrogen-bond acceptors (Lipinski definition) is 3. The molecule has 0 unspecified atom stereocenters. The van der Waals surface area contributed by atoms with E-state index < -0.39 is 0 Å². The first-order valence-corrected chi connectivity index (χ1v) is 6.83. The molecule has 2 aromatic rings. The molecule has 0 atom stereocenters. The third-order valence-corrected chi connectivity index (χ3v) is 3.79. The second-order valence-electron chi connectivity index (χ2n) is 4.13. The Morgan fingerprint density at radius 2 is 2.11 bits per heavy atom. The fourth-order valence-electron chi connectivity index (χ4n) is 1.78. The van der Waals surface area contributed by atoms with Gasteiger partial charge in [0.25, 0.3) is 5.91 Å². The average Bonchev–Trinajstić information content (AvgIpc) is 2.73. The van der Waals surface area contributed by atoms with Gasteiger partial charge in [-0.3, -0.25) is 9.78 Å². The molecular formula is C14H16N2OS. The van der Waals surface area contributed by atoms with Gasteiger partial charge in [-0.05, 0) is 37.1 Å². The van der Waals surface area contributed by atoms with Gasteiger partial charge in [0.15, 0.2) is 0 Å². The van der Waals surface area contributed by atoms with Crippen LogP contribution < -0.4 is 5.32 Å². The smallest absolute Gasteiger partial charge is 0.265 e. The lowest BCUT2D eigenvalue weighted by atomic mass is 10.1. The van der Waals surface area contributed by atoms with Crippen molar-refractivity contribution in [3.8, 4) is 0 Å². The van der Waals surface area contributed by atoms with Crippen LogP contribution in [0.5, 0.6) is 0 Å². The van der Waals surface area contributed by atoms with Crippen molar-refractivity contribution in [2.24, 2.45) is 0 Å². The highest BCUT2D eigenvalue weighted by Crippen LogP contribution is 2.23. The fourth-order valence-corrected chi connectivity index (χ4v) is 2.74. The molecule has 0 aliphatic rings. The predicted molar refractivity (Wildman–Crippen MR) is 75.2 cm³/mol. The largest absolute Gasteiger partial charge is 0.321 e. The molecular weight excluding hydrogens is 244 g/mol.